The molecule has 1 amide bonds. The highest BCUT2D eigenvalue weighted by molar-refractivity contribution is 5.78. The summed E-state index contributed by atoms with van der Waals surface area (Å²) in [5.74, 6) is 0.571. The minimum Gasteiger partial charge on any atom is -0.370 e. The average molecular weight is 410 g/mol. The van der Waals surface area contributed by atoms with E-state index in [9.17, 15) is 9.18 Å². The van der Waals surface area contributed by atoms with Crippen LogP contribution in [0.3, 0.4) is 0 Å². The van der Waals surface area contributed by atoms with Crippen molar-refractivity contribution in [1.29, 1.82) is 0 Å². The molecule has 0 aliphatic carbocycles. The summed E-state index contributed by atoms with van der Waals surface area (Å²) in [5, 5.41) is 0. The number of hydrogen-bond donors (Lipinski definition) is 1. The molecule has 0 aromatic heterocycles. The second-order valence-electron chi connectivity index (χ2n) is 7.86. The van der Waals surface area contributed by atoms with Crippen LogP contribution in [-0.4, -0.2) is 54.4 Å². The molecule has 4 rings (SSSR count). The molecule has 0 spiro atoms. The van der Waals surface area contributed by atoms with Crippen LogP contribution in [0.4, 0.5) is 10.1 Å². The van der Waals surface area contributed by atoms with Crippen molar-refractivity contribution in [3.8, 4) is 0 Å². The monoisotopic (exact) mass is 409 g/mol. The van der Waals surface area contributed by atoms with Crippen LogP contribution in [0.2, 0.25) is 0 Å². The summed E-state index contributed by atoms with van der Waals surface area (Å²) in [6, 6.07) is 14.8. The predicted molar refractivity (Wildman–Crippen MR) is 117 cm³/mol. The van der Waals surface area contributed by atoms with E-state index in [2.05, 4.69) is 26.9 Å². The molecular weight excluding hydrogens is 381 g/mol. The second-order valence-corrected chi connectivity index (χ2v) is 7.86. The molecule has 158 valence electrons. The number of carbonyl (C=O) groups excluding carboxylic acids is 1. The van der Waals surface area contributed by atoms with E-state index in [1.54, 1.807) is 0 Å². The molecule has 6 nitrogen and oxygen atoms in total. The number of halogens is 1. The zero-order valence-corrected chi connectivity index (χ0v) is 17.1. The predicted octanol–water partition coefficient (Wildman–Crippen LogP) is 2.58. The quantitative estimate of drug-likeness (QED) is 0.609. The molecule has 2 aromatic rings. The van der Waals surface area contributed by atoms with Crippen molar-refractivity contribution in [2.45, 2.75) is 25.9 Å². The first-order valence-electron chi connectivity index (χ1n) is 10.5. The van der Waals surface area contributed by atoms with E-state index in [-0.39, 0.29) is 11.7 Å². The summed E-state index contributed by atoms with van der Waals surface area (Å²) in [5.41, 5.74) is 9.49. The molecule has 0 saturated carbocycles. The van der Waals surface area contributed by atoms with Gasteiger partial charge in [0.1, 0.15) is 5.82 Å². The largest absolute Gasteiger partial charge is 0.370 e. The van der Waals surface area contributed by atoms with E-state index in [0.717, 1.165) is 56.0 Å². The molecular formula is C23H28FN5O. The zero-order chi connectivity index (χ0) is 20.9. The molecule has 7 heteroatoms. The van der Waals surface area contributed by atoms with Gasteiger partial charge in [0.05, 0.1) is 6.54 Å². The van der Waals surface area contributed by atoms with E-state index in [0.29, 0.717) is 25.5 Å². The van der Waals surface area contributed by atoms with E-state index < -0.39 is 0 Å². The fraction of sp³-hybridized carbons (Fsp3) is 0.391. The minimum absolute atomic E-state index is 0.218. The van der Waals surface area contributed by atoms with Gasteiger partial charge in [-0.3, -0.25) is 4.79 Å². The molecule has 2 N–H and O–H groups in total. The van der Waals surface area contributed by atoms with Crippen molar-refractivity contribution in [3.63, 3.8) is 0 Å². The van der Waals surface area contributed by atoms with Crippen LogP contribution in [0.15, 0.2) is 53.5 Å². The molecule has 2 heterocycles. The van der Waals surface area contributed by atoms with Crippen molar-refractivity contribution in [1.82, 2.24) is 9.80 Å². The second kappa shape index (κ2) is 9.15. The summed E-state index contributed by atoms with van der Waals surface area (Å²) in [4.78, 5) is 22.7. The fourth-order valence-corrected chi connectivity index (χ4v) is 4.04. The summed E-state index contributed by atoms with van der Waals surface area (Å²) in [7, 11) is 0. The van der Waals surface area contributed by atoms with Gasteiger partial charge in [-0.2, -0.15) is 0 Å². The molecule has 0 unspecified atom stereocenters. The number of nitrogens with zero attached hydrogens (tertiary/aromatic N) is 4. The maximum absolute atomic E-state index is 13.1. The van der Waals surface area contributed by atoms with Crippen molar-refractivity contribution < 1.29 is 9.18 Å². The van der Waals surface area contributed by atoms with Gasteiger partial charge in [0.15, 0.2) is 5.96 Å². The van der Waals surface area contributed by atoms with E-state index in [1.807, 2.05) is 29.2 Å². The summed E-state index contributed by atoms with van der Waals surface area (Å²) < 4.78 is 13.1. The van der Waals surface area contributed by atoms with Gasteiger partial charge >= 0.3 is 0 Å². The Kier molecular flexibility index (Phi) is 6.16. The van der Waals surface area contributed by atoms with Crippen molar-refractivity contribution in [2.24, 2.45) is 10.7 Å². The topological polar surface area (TPSA) is 65.2 Å². The van der Waals surface area contributed by atoms with Crippen molar-refractivity contribution in [2.75, 3.05) is 37.6 Å². The van der Waals surface area contributed by atoms with Crippen LogP contribution in [-0.2, 0) is 17.9 Å². The molecule has 0 radical (unpaired) electrons. The van der Waals surface area contributed by atoms with Crippen molar-refractivity contribution >= 4 is 17.6 Å². The highest BCUT2D eigenvalue weighted by atomic mass is 19.1. The number of likely N-dealkylation sites (tertiary alicyclic amines) is 1. The Morgan fingerprint density at radius 2 is 1.73 bits per heavy atom. The number of anilines is 1. The van der Waals surface area contributed by atoms with Crippen LogP contribution >= 0.6 is 0 Å². The molecule has 0 bridgehead atoms. The lowest BCUT2D eigenvalue weighted by Crippen LogP contribution is -2.51. The number of benzene rings is 2. The fourth-order valence-electron chi connectivity index (χ4n) is 4.04. The third kappa shape index (κ3) is 4.90. The number of aliphatic imine (C=N–C) groups is 1. The Balaban J connectivity index is 1.30. The molecule has 2 aliphatic rings. The molecule has 0 atom stereocenters. The summed E-state index contributed by atoms with van der Waals surface area (Å²) >= 11 is 0. The normalized spacial score (nSPS) is 17.7. The lowest BCUT2D eigenvalue weighted by molar-refractivity contribution is -0.128. The average Bonchev–Trinajstić information content (AvgIpc) is 3.17. The van der Waals surface area contributed by atoms with Gasteiger partial charge in [0.2, 0.25) is 5.91 Å². The maximum atomic E-state index is 13.1. The standard InChI is InChI=1S/C23H28FN5O/c24-20-6-8-21(9-7-20)27-11-13-28(14-12-27)23(25)26-16-18-3-1-4-19(15-18)17-29-10-2-5-22(29)30/h1,3-4,6-9,15H,2,5,10-14,16-17H2,(H2,25,26). The highest BCUT2D eigenvalue weighted by Crippen LogP contribution is 2.18. The lowest BCUT2D eigenvalue weighted by atomic mass is 10.1. The van der Waals surface area contributed by atoms with Gasteiger partial charge in [-0.1, -0.05) is 24.3 Å². The van der Waals surface area contributed by atoms with Crippen LogP contribution in [0.25, 0.3) is 0 Å². The number of rotatable bonds is 5. The Labute approximate surface area is 176 Å². The Bertz CT molecular complexity index is 906. The van der Waals surface area contributed by atoms with Gasteiger partial charge in [-0.05, 0) is 41.8 Å². The van der Waals surface area contributed by atoms with Crippen LogP contribution in [0, 0.1) is 5.82 Å². The van der Waals surface area contributed by atoms with E-state index in [1.165, 1.54) is 12.1 Å². The first-order chi connectivity index (χ1) is 14.6. The molecule has 30 heavy (non-hydrogen) atoms. The highest BCUT2D eigenvalue weighted by Gasteiger charge is 2.20. The number of amides is 1. The summed E-state index contributed by atoms with van der Waals surface area (Å²) in [6.45, 7) is 5.23. The van der Waals surface area contributed by atoms with Gasteiger partial charge in [0.25, 0.3) is 0 Å². The van der Waals surface area contributed by atoms with E-state index >= 15 is 0 Å². The zero-order valence-electron chi connectivity index (χ0n) is 17.1. The van der Waals surface area contributed by atoms with Gasteiger partial charge in [0, 0.05) is 51.4 Å². The van der Waals surface area contributed by atoms with Gasteiger partial charge < -0.3 is 20.4 Å². The summed E-state index contributed by atoms with van der Waals surface area (Å²) in [6.07, 6.45) is 1.61. The molecule has 2 fully saturated rings. The first kappa shape index (κ1) is 20.2. The molecule has 2 saturated heterocycles. The van der Waals surface area contributed by atoms with E-state index in [4.69, 9.17) is 5.73 Å². The SMILES string of the molecule is NC(=NCc1cccc(CN2CCCC2=O)c1)N1CCN(c2ccc(F)cc2)CC1. The molecule has 2 aliphatic heterocycles. The number of carbonyl (C=O) groups is 1. The number of hydrogen-bond acceptors (Lipinski definition) is 3. The van der Waals surface area contributed by atoms with Crippen LogP contribution in [0.1, 0.15) is 24.0 Å². The third-order valence-electron chi connectivity index (χ3n) is 5.76. The van der Waals surface area contributed by atoms with Crippen molar-refractivity contribution in [3.05, 3.63) is 65.5 Å². The Morgan fingerprint density at radius 1 is 1.00 bits per heavy atom. The number of guanidine groups is 1. The first-order valence-corrected chi connectivity index (χ1v) is 10.5. The van der Waals surface area contributed by atoms with Crippen LogP contribution in [0.5, 0.6) is 0 Å². The smallest absolute Gasteiger partial charge is 0.222 e. The lowest BCUT2D eigenvalue weighted by Gasteiger charge is -2.36. The number of nitrogens with two attached hydrogens (primary N) is 1. The molecule has 2 aromatic carbocycles. The maximum Gasteiger partial charge on any atom is 0.222 e. The van der Waals surface area contributed by atoms with Gasteiger partial charge in [-0.25, -0.2) is 9.38 Å². The Morgan fingerprint density at radius 3 is 2.43 bits per heavy atom. The minimum atomic E-state index is -0.218. The third-order valence-corrected chi connectivity index (χ3v) is 5.76. The van der Waals surface area contributed by atoms with Crippen LogP contribution < -0.4 is 10.6 Å². The number of piperazine rings is 1. The van der Waals surface area contributed by atoms with Gasteiger partial charge in [-0.15, -0.1) is 0 Å². The Hall–Kier alpha value is -3.09.